The third-order valence-electron chi connectivity index (χ3n) is 3.70. The number of rotatable bonds is 9. The number of nitrogens with zero attached hydrogens (tertiary/aromatic N) is 2. The van der Waals surface area contributed by atoms with Gasteiger partial charge in [0.2, 0.25) is 0 Å². The minimum Gasteiger partial charge on any atom is -0.396 e. The van der Waals surface area contributed by atoms with Crippen molar-refractivity contribution in [2.45, 2.75) is 40.0 Å². The summed E-state index contributed by atoms with van der Waals surface area (Å²) in [7, 11) is 0. The highest BCUT2D eigenvalue weighted by Gasteiger charge is 2.24. The molecule has 1 aromatic heterocycles. The SMILES string of the molecule is CCCNc1cc(NCC(CC)(CC)CO)ncn1. The van der Waals surface area contributed by atoms with Crippen LogP contribution in [-0.2, 0) is 0 Å². The molecule has 1 aromatic rings. The van der Waals surface area contributed by atoms with Crippen LogP contribution in [0, 0.1) is 5.41 Å². The topological polar surface area (TPSA) is 70.1 Å². The molecule has 1 rings (SSSR count). The highest BCUT2D eigenvalue weighted by atomic mass is 16.3. The number of anilines is 2. The molecule has 0 bridgehead atoms. The van der Waals surface area contributed by atoms with Gasteiger partial charge in [-0.25, -0.2) is 9.97 Å². The summed E-state index contributed by atoms with van der Waals surface area (Å²) in [5.74, 6) is 1.63. The highest BCUT2D eigenvalue weighted by molar-refractivity contribution is 5.46. The Morgan fingerprint density at radius 3 is 2.26 bits per heavy atom. The first kappa shape index (κ1) is 15.7. The minimum atomic E-state index is -0.0675. The number of aliphatic hydroxyl groups is 1. The minimum absolute atomic E-state index is 0.0675. The predicted octanol–water partition coefficient (Wildman–Crippen LogP) is 2.51. The quantitative estimate of drug-likeness (QED) is 0.640. The normalized spacial score (nSPS) is 11.4. The van der Waals surface area contributed by atoms with E-state index < -0.39 is 0 Å². The molecule has 1 heterocycles. The van der Waals surface area contributed by atoms with Crippen LogP contribution in [0.1, 0.15) is 40.0 Å². The fraction of sp³-hybridized carbons (Fsp3) is 0.714. The van der Waals surface area contributed by atoms with E-state index in [-0.39, 0.29) is 12.0 Å². The Balaban J connectivity index is 2.61. The molecule has 0 fully saturated rings. The van der Waals surface area contributed by atoms with E-state index >= 15 is 0 Å². The van der Waals surface area contributed by atoms with Gasteiger partial charge in [0.15, 0.2) is 0 Å². The fourth-order valence-corrected chi connectivity index (χ4v) is 1.86. The van der Waals surface area contributed by atoms with Gasteiger partial charge in [-0.3, -0.25) is 0 Å². The average Bonchev–Trinajstić information content (AvgIpc) is 2.47. The summed E-state index contributed by atoms with van der Waals surface area (Å²) in [4.78, 5) is 8.38. The van der Waals surface area contributed by atoms with E-state index in [4.69, 9.17) is 0 Å². The number of aromatic nitrogens is 2. The first-order valence-electron chi connectivity index (χ1n) is 7.10. The lowest BCUT2D eigenvalue weighted by Crippen LogP contribution is -2.32. The maximum Gasteiger partial charge on any atom is 0.131 e. The number of hydrogen-bond donors (Lipinski definition) is 3. The molecule has 0 radical (unpaired) electrons. The molecule has 0 saturated heterocycles. The summed E-state index contributed by atoms with van der Waals surface area (Å²) in [6.07, 6.45) is 4.50. The molecule has 0 aromatic carbocycles. The number of aliphatic hydroxyl groups excluding tert-OH is 1. The summed E-state index contributed by atoms with van der Waals surface area (Å²) in [6.45, 7) is 8.15. The molecule has 5 nitrogen and oxygen atoms in total. The van der Waals surface area contributed by atoms with Crippen molar-refractivity contribution < 1.29 is 5.11 Å². The van der Waals surface area contributed by atoms with E-state index in [1.807, 2.05) is 6.07 Å². The van der Waals surface area contributed by atoms with Crippen LogP contribution in [0.4, 0.5) is 11.6 Å². The molecule has 0 unspecified atom stereocenters. The average molecular weight is 266 g/mol. The second kappa shape index (κ2) is 7.94. The Morgan fingerprint density at radius 1 is 1.11 bits per heavy atom. The van der Waals surface area contributed by atoms with Crippen LogP contribution >= 0.6 is 0 Å². The van der Waals surface area contributed by atoms with Crippen molar-refractivity contribution in [1.29, 1.82) is 0 Å². The lowest BCUT2D eigenvalue weighted by atomic mass is 9.83. The van der Waals surface area contributed by atoms with Gasteiger partial charge in [0.1, 0.15) is 18.0 Å². The Bertz CT molecular complexity index is 358. The van der Waals surface area contributed by atoms with Gasteiger partial charge in [0, 0.05) is 24.6 Å². The second-order valence-electron chi connectivity index (χ2n) is 4.93. The van der Waals surface area contributed by atoms with E-state index in [1.54, 1.807) is 6.33 Å². The van der Waals surface area contributed by atoms with Gasteiger partial charge in [-0.2, -0.15) is 0 Å². The van der Waals surface area contributed by atoms with Gasteiger partial charge < -0.3 is 15.7 Å². The van der Waals surface area contributed by atoms with E-state index in [9.17, 15) is 5.11 Å². The van der Waals surface area contributed by atoms with Gasteiger partial charge in [-0.15, -0.1) is 0 Å². The summed E-state index contributed by atoms with van der Waals surface area (Å²) in [5.41, 5.74) is -0.0675. The molecule has 0 saturated carbocycles. The van der Waals surface area contributed by atoms with Crippen molar-refractivity contribution in [2.24, 2.45) is 5.41 Å². The van der Waals surface area contributed by atoms with Crippen molar-refractivity contribution >= 4 is 11.6 Å². The zero-order valence-electron chi connectivity index (χ0n) is 12.2. The van der Waals surface area contributed by atoms with E-state index in [0.29, 0.717) is 0 Å². The Hall–Kier alpha value is -1.36. The molecular weight excluding hydrogens is 240 g/mol. The largest absolute Gasteiger partial charge is 0.396 e. The first-order valence-corrected chi connectivity index (χ1v) is 7.10. The zero-order valence-corrected chi connectivity index (χ0v) is 12.2. The van der Waals surface area contributed by atoms with Crippen LogP contribution in [0.5, 0.6) is 0 Å². The van der Waals surface area contributed by atoms with Crippen LogP contribution in [-0.4, -0.2) is 34.8 Å². The van der Waals surface area contributed by atoms with E-state index in [2.05, 4.69) is 41.4 Å². The highest BCUT2D eigenvalue weighted by Crippen LogP contribution is 2.25. The summed E-state index contributed by atoms with van der Waals surface area (Å²) >= 11 is 0. The molecule has 0 spiro atoms. The van der Waals surface area contributed by atoms with Crippen LogP contribution in [0.15, 0.2) is 12.4 Å². The summed E-state index contributed by atoms with van der Waals surface area (Å²) in [5, 5.41) is 16.1. The molecule has 0 atom stereocenters. The third kappa shape index (κ3) is 4.67. The van der Waals surface area contributed by atoms with Gasteiger partial charge in [-0.1, -0.05) is 20.8 Å². The molecule has 0 aliphatic rings. The molecule has 108 valence electrons. The fourth-order valence-electron chi connectivity index (χ4n) is 1.86. The summed E-state index contributed by atoms with van der Waals surface area (Å²) < 4.78 is 0. The van der Waals surface area contributed by atoms with Crippen molar-refractivity contribution in [3.8, 4) is 0 Å². The molecule has 0 aliphatic carbocycles. The molecule has 3 N–H and O–H groups in total. The van der Waals surface area contributed by atoms with Gasteiger partial charge in [-0.05, 0) is 19.3 Å². The van der Waals surface area contributed by atoms with E-state index in [1.165, 1.54) is 0 Å². The van der Waals surface area contributed by atoms with Gasteiger partial charge in [0.05, 0.1) is 6.61 Å². The van der Waals surface area contributed by atoms with Crippen molar-refractivity contribution in [3.63, 3.8) is 0 Å². The van der Waals surface area contributed by atoms with Gasteiger partial charge in [0.25, 0.3) is 0 Å². The van der Waals surface area contributed by atoms with Gasteiger partial charge >= 0.3 is 0 Å². The molecular formula is C14H26N4O. The molecule has 0 aliphatic heterocycles. The lowest BCUT2D eigenvalue weighted by Gasteiger charge is -2.29. The number of nitrogens with one attached hydrogen (secondary N) is 2. The maximum atomic E-state index is 9.54. The first-order chi connectivity index (χ1) is 9.19. The van der Waals surface area contributed by atoms with Crippen LogP contribution < -0.4 is 10.6 Å². The Labute approximate surface area is 115 Å². The van der Waals surface area contributed by atoms with Crippen molar-refractivity contribution in [1.82, 2.24) is 9.97 Å². The molecule has 0 amide bonds. The zero-order chi connectivity index (χ0) is 14.1. The smallest absolute Gasteiger partial charge is 0.131 e. The van der Waals surface area contributed by atoms with Crippen molar-refractivity contribution in [2.75, 3.05) is 30.3 Å². The monoisotopic (exact) mass is 266 g/mol. The second-order valence-corrected chi connectivity index (χ2v) is 4.93. The van der Waals surface area contributed by atoms with Crippen LogP contribution in [0.25, 0.3) is 0 Å². The summed E-state index contributed by atoms with van der Waals surface area (Å²) in [6, 6.07) is 1.91. The Kier molecular flexibility index (Phi) is 6.56. The maximum absolute atomic E-state index is 9.54. The number of hydrogen-bond acceptors (Lipinski definition) is 5. The molecule has 19 heavy (non-hydrogen) atoms. The standard InChI is InChI=1S/C14H26N4O/c1-4-7-15-12-8-13(18-11-17-12)16-9-14(5-2,6-3)10-19/h8,11,19H,4-7,9-10H2,1-3H3,(H2,15,16,17,18). The third-order valence-corrected chi connectivity index (χ3v) is 3.70. The van der Waals surface area contributed by atoms with E-state index in [0.717, 1.165) is 44.0 Å². The Morgan fingerprint density at radius 2 is 1.74 bits per heavy atom. The molecule has 5 heteroatoms. The lowest BCUT2D eigenvalue weighted by molar-refractivity contribution is 0.127. The van der Waals surface area contributed by atoms with Crippen LogP contribution in [0.2, 0.25) is 0 Å². The predicted molar refractivity (Wildman–Crippen MR) is 79.4 cm³/mol. The van der Waals surface area contributed by atoms with Crippen LogP contribution in [0.3, 0.4) is 0 Å². The van der Waals surface area contributed by atoms with Crippen molar-refractivity contribution in [3.05, 3.63) is 12.4 Å².